The molecule has 3 aromatic rings. The molecular weight excluding hydrogens is 624 g/mol. The predicted molar refractivity (Wildman–Crippen MR) is 144 cm³/mol. The largest absolute Gasteiger partial charge is 0.433 e. The van der Waals surface area contributed by atoms with Crippen LogP contribution in [-0.2, 0) is 22.4 Å². The second-order valence-electron chi connectivity index (χ2n) is 10.0. The number of hydrogen-bond acceptors (Lipinski definition) is 6. The number of aliphatic hydroxyl groups excluding tert-OH is 1. The Balaban J connectivity index is 1.69. The van der Waals surface area contributed by atoms with Crippen molar-refractivity contribution in [2.45, 2.75) is 50.6 Å². The van der Waals surface area contributed by atoms with E-state index in [9.17, 15) is 36.6 Å². The summed E-state index contributed by atoms with van der Waals surface area (Å²) in [5, 5.41) is 14.7. The maximum absolute atomic E-state index is 14.5. The fraction of sp³-hybridized carbons (Fsp3) is 0.407. The number of amides is 2. The Kier molecular flexibility index (Phi) is 10.3. The predicted octanol–water partition coefficient (Wildman–Crippen LogP) is 5.67. The molecule has 0 bridgehead atoms. The molecular formula is C27H26Cl2F5N5O4. The SMILES string of the molecule is CONC(=O)[C@H]1CC[C@H](n2ncc(C(=O)N(Cc3cc(F)cc(F)c3)CC(O)c3c(Cl)cncc3Cl)c2C(F)(F)F)CC1. The van der Waals surface area contributed by atoms with Gasteiger partial charge in [-0.05, 0) is 43.4 Å². The summed E-state index contributed by atoms with van der Waals surface area (Å²) in [6.07, 6.45) is -2.64. The summed E-state index contributed by atoms with van der Waals surface area (Å²) in [4.78, 5) is 35.1. The molecule has 0 saturated heterocycles. The second-order valence-corrected chi connectivity index (χ2v) is 10.8. The van der Waals surface area contributed by atoms with Gasteiger partial charge in [-0.1, -0.05) is 23.2 Å². The summed E-state index contributed by atoms with van der Waals surface area (Å²) in [7, 11) is 1.27. The molecule has 232 valence electrons. The Hall–Kier alpha value is -3.33. The Morgan fingerprint density at radius 1 is 1.09 bits per heavy atom. The van der Waals surface area contributed by atoms with Crippen molar-refractivity contribution >= 4 is 35.0 Å². The standard InChI is InChI=1S/C27H26Cl2F5N5O4/c1-43-37-25(41)15-2-4-18(5-3-15)39-24(27(32,33)34)19(9-36-39)26(42)38(12-14-6-16(30)8-17(31)7-14)13-22(40)23-20(28)10-35-11-21(23)29/h6-11,15,18,22,40H,2-5,12-13H2,1H3,(H,37,41)/t15-,18-,22?. The Bertz CT molecular complexity index is 1440. The van der Waals surface area contributed by atoms with Crippen molar-refractivity contribution in [3.05, 3.63) is 80.9 Å². The zero-order valence-electron chi connectivity index (χ0n) is 22.5. The molecule has 1 aromatic carbocycles. The van der Waals surface area contributed by atoms with Gasteiger partial charge in [-0.25, -0.2) is 14.3 Å². The molecule has 0 spiro atoms. The summed E-state index contributed by atoms with van der Waals surface area (Å²) in [6, 6.07) is 1.65. The highest BCUT2D eigenvalue weighted by molar-refractivity contribution is 6.35. The van der Waals surface area contributed by atoms with E-state index < -0.39 is 66.1 Å². The van der Waals surface area contributed by atoms with Gasteiger partial charge in [-0.3, -0.25) is 24.1 Å². The number of hydroxylamine groups is 1. The van der Waals surface area contributed by atoms with E-state index in [1.807, 2.05) is 0 Å². The van der Waals surface area contributed by atoms with Crippen molar-refractivity contribution < 1.29 is 41.5 Å². The van der Waals surface area contributed by atoms with E-state index in [-0.39, 0.29) is 52.8 Å². The van der Waals surface area contributed by atoms with Crippen molar-refractivity contribution in [1.82, 2.24) is 25.1 Å². The first-order valence-corrected chi connectivity index (χ1v) is 13.7. The first-order valence-electron chi connectivity index (χ1n) is 13.0. The van der Waals surface area contributed by atoms with E-state index in [4.69, 9.17) is 23.2 Å². The number of rotatable bonds is 9. The molecule has 1 unspecified atom stereocenters. The average molecular weight is 650 g/mol. The van der Waals surface area contributed by atoms with Gasteiger partial charge in [0, 0.05) is 36.5 Å². The van der Waals surface area contributed by atoms with Crippen LogP contribution in [0.4, 0.5) is 22.0 Å². The van der Waals surface area contributed by atoms with Crippen LogP contribution in [-0.4, -0.2) is 50.2 Å². The molecule has 1 aliphatic carbocycles. The van der Waals surface area contributed by atoms with Gasteiger partial charge < -0.3 is 10.0 Å². The van der Waals surface area contributed by atoms with Gasteiger partial charge in [-0.15, -0.1) is 0 Å². The number of aliphatic hydroxyl groups is 1. The lowest BCUT2D eigenvalue weighted by atomic mass is 9.85. The Morgan fingerprint density at radius 3 is 2.26 bits per heavy atom. The van der Waals surface area contributed by atoms with Gasteiger partial charge in [-0.2, -0.15) is 18.3 Å². The van der Waals surface area contributed by atoms with Crippen LogP contribution in [0.2, 0.25) is 10.0 Å². The van der Waals surface area contributed by atoms with Crippen molar-refractivity contribution in [3.8, 4) is 0 Å². The lowest BCUT2D eigenvalue weighted by Gasteiger charge is -2.30. The molecule has 4 rings (SSSR count). The number of nitrogens with zero attached hydrogens (tertiary/aromatic N) is 4. The summed E-state index contributed by atoms with van der Waals surface area (Å²) in [5.41, 5.74) is -0.0623. The first kappa shape index (κ1) is 32.6. The number of aromatic nitrogens is 3. The zero-order chi connectivity index (χ0) is 31.5. The van der Waals surface area contributed by atoms with E-state index in [1.54, 1.807) is 0 Å². The van der Waals surface area contributed by atoms with Crippen LogP contribution in [0.5, 0.6) is 0 Å². The van der Waals surface area contributed by atoms with Gasteiger partial charge >= 0.3 is 6.18 Å². The zero-order valence-corrected chi connectivity index (χ0v) is 24.1. The number of alkyl halides is 3. The van der Waals surface area contributed by atoms with Crippen LogP contribution >= 0.6 is 23.2 Å². The van der Waals surface area contributed by atoms with Gasteiger partial charge in [0.2, 0.25) is 5.91 Å². The molecule has 2 N–H and O–H groups in total. The molecule has 1 atom stereocenters. The second kappa shape index (κ2) is 13.5. The van der Waals surface area contributed by atoms with E-state index in [2.05, 4.69) is 20.4 Å². The summed E-state index contributed by atoms with van der Waals surface area (Å²) >= 11 is 12.2. The molecule has 2 amide bonds. The lowest BCUT2D eigenvalue weighted by molar-refractivity contribution is -0.146. The number of carbonyl (C=O) groups is 2. The Labute approximate surface area is 252 Å². The van der Waals surface area contributed by atoms with Crippen LogP contribution in [0.15, 0.2) is 36.8 Å². The quantitative estimate of drug-likeness (QED) is 0.228. The fourth-order valence-corrected chi connectivity index (χ4v) is 5.81. The minimum atomic E-state index is -5.03. The third kappa shape index (κ3) is 7.61. The minimum absolute atomic E-state index is 0.0393. The highest BCUT2D eigenvalue weighted by Crippen LogP contribution is 2.39. The van der Waals surface area contributed by atoms with E-state index in [1.165, 1.54) is 19.5 Å². The number of nitrogens with one attached hydrogen (secondary N) is 1. The van der Waals surface area contributed by atoms with Crippen molar-refractivity contribution in [1.29, 1.82) is 0 Å². The van der Waals surface area contributed by atoms with Gasteiger partial charge in [0.05, 0.1) is 47.6 Å². The molecule has 9 nitrogen and oxygen atoms in total. The van der Waals surface area contributed by atoms with Crippen molar-refractivity contribution in [2.24, 2.45) is 5.92 Å². The van der Waals surface area contributed by atoms with Gasteiger partial charge in [0.25, 0.3) is 5.91 Å². The number of carbonyl (C=O) groups excluding carboxylic acids is 2. The summed E-state index contributed by atoms with van der Waals surface area (Å²) < 4.78 is 72.1. The van der Waals surface area contributed by atoms with E-state index in [0.717, 1.165) is 27.9 Å². The van der Waals surface area contributed by atoms with E-state index in [0.29, 0.717) is 6.07 Å². The topological polar surface area (TPSA) is 110 Å². The number of hydrogen-bond donors (Lipinski definition) is 2. The molecule has 0 aliphatic heterocycles. The van der Waals surface area contributed by atoms with Crippen molar-refractivity contribution in [3.63, 3.8) is 0 Å². The molecule has 1 aliphatic rings. The third-order valence-corrected chi connectivity index (χ3v) is 7.71. The summed E-state index contributed by atoms with van der Waals surface area (Å²) in [5.74, 6) is -4.00. The Morgan fingerprint density at radius 2 is 1.70 bits per heavy atom. The molecule has 16 heteroatoms. The molecule has 2 heterocycles. The monoisotopic (exact) mass is 649 g/mol. The molecule has 2 aromatic heterocycles. The normalized spacial score (nSPS) is 17.9. The third-order valence-electron chi connectivity index (χ3n) is 7.11. The molecule has 0 radical (unpaired) electrons. The van der Waals surface area contributed by atoms with Crippen LogP contribution in [0, 0.1) is 17.6 Å². The van der Waals surface area contributed by atoms with Gasteiger partial charge in [0.1, 0.15) is 11.6 Å². The van der Waals surface area contributed by atoms with Crippen molar-refractivity contribution in [2.75, 3.05) is 13.7 Å². The maximum atomic E-state index is 14.5. The lowest BCUT2D eigenvalue weighted by Crippen LogP contribution is -2.36. The highest BCUT2D eigenvalue weighted by Gasteiger charge is 2.43. The van der Waals surface area contributed by atoms with E-state index >= 15 is 0 Å². The smallest absolute Gasteiger partial charge is 0.386 e. The number of halogens is 7. The van der Waals surface area contributed by atoms with Crippen LogP contribution < -0.4 is 5.48 Å². The average Bonchev–Trinajstić information content (AvgIpc) is 3.38. The van der Waals surface area contributed by atoms with Crippen LogP contribution in [0.3, 0.4) is 0 Å². The van der Waals surface area contributed by atoms with Crippen LogP contribution in [0.25, 0.3) is 0 Å². The number of pyridine rings is 1. The molecule has 1 saturated carbocycles. The minimum Gasteiger partial charge on any atom is -0.386 e. The van der Waals surface area contributed by atoms with Gasteiger partial charge in [0.15, 0.2) is 5.69 Å². The first-order chi connectivity index (χ1) is 20.3. The highest BCUT2D eigenvalue weighted by atomic mass is 35.5. The maximum Gasteiger partial charge on any atom is 0.433 e. The summed E-state index contributed by atoms with van der Waals surface area (Å²) in [6.45, 7) is -1.23. The molecule has 43 heavy (non-hydrogen) atoms. The molecule has 1 fully saturated rings. The number of benzene rings is 1. The fourth-order valence-electron chi connectivity index (χ4n) is 5.20. The van der Waals surface area contributed by atoms with Crippen LogP contribution in [0.1, 0.15) is 65.0 Å².